The van der Waals surface area contributed by atoms with Crippen LogP contribution in [0.2, 0.25) is 0 Å². The Kier molecular flexibility index (Phi) is 9.41. The van der Waals surface area contributed by atoms with Crippen LogP contribution < -0.4 is 25.4 Å². The van der Waals surface area contributed by atoms with Gasteiger partial charge in [-0.15, -0.1) is 0 Å². The lowest BCUT2D eigenvalue weighted by molar-refractivity contribution is 0.0945. The molecule has 3 N–H and O–H groups in total. The second-order valence-electron chi connectivity index (χ2n) is 9.82. The normalized spacial score (nSPS) is 12.6. The van der Waals surface area contributed by atoms with Gasteiger partial charge in [0, 0.05) is 48.6 Å². The summed E-state index contributed by atoms with van der Waals surface area (Å²) in [5.74, 6) is 2.25. The summed E-state index contributed by atoms with van der Waals surface area (Å²) >= 11 is 3.50. The van der Waals surface area contributed by atoms with Gasteiger partial charge in [-0.05, 0) is 47.5 Å². The van der Waals surface area contributed by atoms with E-state index in [0.717, 1.165) is 29.3 Å². The van der Waals surface area contributed by atoms with E-state index in [1.54, 1.807) is 44.5 Å². The summed E-state index contributed by atoms with van der Waals surface area (Å²) in [5.41, 5.74) is 2.25. The van der Waals surface area contributed by atoms with Crippen molar-refractivity contribution in [3.05, 3.63) is 58.5 Å². The van der Waals surface area contributed by atoms with Gasteiger partial charge < -0.3 is 25.4 Å². The minimum Gasteiger partial charge on any atom is -0.497 e. The van der Waals surface area contributed by atoms with E-state index in [1.165, 1.54) is 0 Å². The Bertz CT molecular complexity index is 1480. The molecular formula is C28H35BrN8O3. The Hall–Kier alpha value is -3.93. The van der Waals surface area contributed by atoms with Gasteiger partial charge in [0.05, 0.1) is 37.0 Å². The van der Waals surface area contributed by atoms with Crippen LogP contribution in [0, 0.1) is 0 Å². The Morgan fingerprint density at radius 1 is 1.15 bits per heavy atom. The first-order chi connectivity index (χ1) is 19.2. The van der Waals surface area contributed by atoms with Gasteiger partial charge in [0.1, 0.15) is 17.0 Å². The second kappa shape index (κ2) is 12.9. The van der Waals surface area contributed by atoms with Crippen LogP contribution in [-0.4, -0.2) is 56.9 Å². The number of fused-ring (bicyclic) bond motifs is 1. The SMILES string of the molecule is CCCC[C@](C)(CNC(=O)c1cnn(C)c1)Nc1nc(NCc2ccc(OC)cc2OC)nc2cc(Br)cnc12. The summed E-state index contributed by atoms with van der Waals surface area (Å²) in [4.78, 5) is 26.9. The highest BCUT2D eigenvalue weighted by Gasteiger charge is 2.27. The van der Waals surface area contributed by atoms with Crippen LogP contribution in [-0.2, 0) is 13.6 Å². The lowest BCUT2D eigenvalue weighted by Crippen LogP contribution is -2.46. The van der Waals surface area contributed by atoms with E-state index < -0.39 is 5.54 Å². The molecule has 1 atom stereocenters. The van der Waals surface area contributed by atoms with E-state index in [2.05, 4.69) is 55.8 Å². The molecule has 11 nitrogen and oxygen atoms in total. The molecule has 0 fully saturated rings. The van der Waals surface area contributed by atoms with Gasteiger partial charge in [-0.2, -0.15) is 10.1 Å². The van der Waals surface area contributed by atoms with Gasteiger partial charge >= 0.3 is 0 Å². The van der Waals surface area contributed by atoms with Gasteiger partial charge in [0.2, 0.25) is 5.95 Å². The number of aryl methyl sites for hydroxylation is 1. The minimum atomic E-state index is -0.500. The minimum absolute atomic E-state index is 0.178. The van der Waals surface area contributed by atoms with Crippen molar-refractivity contribution >= 4 is 44.6 Å². The Morgan fingerprint density at radius 2 is 1.98 bits per heavy atom. The molecule has 0 bridgehead atoms. The number of carbonyl (C=O) groups excluding carboxylic acids is 1. The third-order valence-corrected chi connectivity index (χ3v) is 6.98. The number of nitrogens with zero attached hydrogens (tertiary/aromatic N) is 5. The smallest absolute Gasteiger partial charge is 0.254 e. The first-order valence-corrected chi connectivity index (χ1v) is 13.9. The van der Waals surface area contributed by atoms with Crippen molar-refractivity contribution in [3.63, 3.8) is 0 Å². The number of pyridine rings is 1. The van der Waals surface area contributed by atoms with Crippen LogP contribution in [0.15, 0.2) is 47.3 Å². The van der Waals surface area contributed by atoms with Gasteiger partial charge in [0.25, 0.3) is 5.91 Å². The number of halogens is 1. The van der Waals surface area contributed by atoms with Gasteiger partial charge in [-0.3, -0.25) is 9.48 Å². The molecule has 0 aliphatic carbocycles. The number of methoxy groups -OCH3 is 2. The quantitative estimate of drug-likeness (QED) is 0.193. The van der Waals surface area contributed by atoms with Crippen molar-refractivity contribution in [2.24, 2.45) is 7.05 Å². The lowest BCUT2D eigenvalue weighted by atomic mass is 9.94. The first-order valence-electron chi connectivity index (χ1n) is 13.1. The number of benzene rings is 1. The number of anilines is 2. The first kappa shape index (κ1) is 29.1. The molecule has 0 saturated carbocycles. The summed E-state index contributed by atoms with van der Waals surface area (Å²) in [6.45, 7) is 5.04. The molecular weight excluding hydrogens is 576 g/mol. The largest absolute Gasteiger partial charge is 0.497 e. The standard InChI is InChI=1S/C28H35BrN8O3/c1-6-7-10-28(2,17-32-26(38)19-14-33-37(3)16-19)36-25-24-22(11-20(29)15-30-24)34-27(35-25)31-13-18-8-9-21(39-4)12-23(18)40-5/h8-9,11-12,14-16H,6-7,10,13,17H2,1-5H3,(H,32,38)(H2,31,34,35,36)/t28-/m1/s1. The summed E-state index contributed by atoms with van der Waals surface area (Å²) in [6, 6.07) is 7.57. The molecule has 1 amide bonds. The van der Waals surface area contributed by atoms with Crippen molar-refractivity contribution in [3.8, 4) is 11.5 Å². The van der Waals surface area contributed by atoms with E-state index in [-0.39, 0.29) is 5.91 Å². The number of carbonyl (C=O) groups is 1. The van der Waals surface area contributed by atoms with Gasteiger partial charge in [-0.25, -0.2) is 9.97 Å². The summed E-state index contributed by atoms with van der Waals surface area (Å²) in [6.07, 6.45) is 7.77. The average Bonchev–Trinajstić information content (AvgIpc) is 3.39. The Labute approximate surface area is 242 Å². The average molecular weight is 612 g/mol. The lowest BCUT2D eigenvalue weighted by Gasteiger charge is -2.32. The molecule has 3 heterocycles. The topological polar surface area (TPSA) is 128 Å². The van der Waals surface area contributed by atoms with Crippen LogP contribution in [0.3, 0.4) is 0 Å². The van der Waals surface area contributed by atoms with Crippen LogP contribution in [0.1, 0.15) is 49.0 Å². The summed E-state index contributed by atoms with van der Waals surface area (Å²) < 4.78 is 13.3. The van der Waals surface area contributed by atoms with Gasteiger partial charge in [0.15, 0.2) is 5.82 Å². The molecule has 212 valence electrons. The Morgan fingerprint density at radius 3 is 2.67 bits per heavy atom. The van der Waals surface area contributed by atoms with Crippen LogP contribution in [0.25, 0.3) is 11.0 Å². The highest BCUT2D eigenvalue weighted by atomic mass is 79.9. The predicted molar refractivity (Wildman–Crippen MR) is 159 cm³/mol. The second-order valence-corrected chi connectivity index (χ2v) is 10.7. The fraction of sp³-hybridized carbons (Fsp3) is 0.393. The van der Waals surface area contributed by atoms with Crippen LogP contribution in [0.4, 0.5) is 11.8 Å². The maximum atomic E-state index is 12.8. The third-order valence-electron chi connectivity index (χ3n) is 6.54. The molecule has 0 spiro atoms. The monoisotopic (exact) mass is 610 g/mol. The van der Waals surface area contributed by atoms with Crippen molar-refractivity contribution in [2.45, 2.75) is 45.2 Å². The van der Waals surface area contributed by atoms with Gasteiger partial charge in [-0.1, -0.05) is 19.8 Å². The molecule has 0 unspecified atom stereocenters. The molecule has 0 aliphatic heterocycles. The van der Waals surface area contributed by atoms with Crippen molar-refractivity contribution < 1.29 is 14.3 Å². The number of hydrogen-bond donors (Lipinski definition) is 3. The molecule has 40 heavy (non-hydrogen) atoms. The van der Waals surface area contributed by atoms with E-state index >= 15 is 0 Å². The number of hydrogen-bond acceptors (Lipinski definition) is 9. The number of amides is 1. The van der Waals surface area contributed by atoms with Crippen molar-refractivity contribution in [2.75, 3.05) is 31.4 Å². The zero-order chi connectivity index (χ0) is 28.7. The van der Waals surface area contributed by atoms with Crippen LogP contribution >= 0.6 is 15.9 Å². The molecule has 1 aromatic carbocycles. The van der Waals surface area contributed by atoms with E-state index in [4.69, 9.17) is 19.4 Å². The molecule has 0 aliphatic rings. The maximum Gasteiger partial charge on any atom is 0.254 e. The molecule has 0 saturated heterocycles. The van der Waals surface area contributed by atoms with E-state index in [0.29, 0.717) is 53.0 Å². The number of nitrogens with one attached hydrogen (secondary N) is 3. The Balaban J connectivity index is 1.61. The zero-order valence-corrected chi connectivity index (χ0v) is 25.0. The maximum absolute atomic E-state index is 12.8. The fourth-order valence-electron chi connectivity index (χ4n) is 4.30. The van der Waals surface area contributed by atoms with Crippen LogP contribution in [0.5, 0.6) is 11.5 Å². The number of ether oxygens (including phenoxy) is 2. The highest BCUT2D eigenvalue weighted by Crippen LogP contribution is 2.29. The van der Waals surface area contributed by atoms with Crippen molar-refractivity contribution in [1.82, 2.24) is 30.0 Å². The summed E-state index contributed by atoms with van der Waals surface area (Å²) in [5, 5.41) is 14.1. The molecule has 3 aromatic heterocycles. The molecule has 4 aromatic rings. The third kappa shape index (κ3) is 7.17. The predicted octanol–water partition coefficient (Wildman–Crippen LogP) is 4.94. The molecule has 12 heteroatoms. The van der Waals surface area contributed by atoms with Crippen molar-refractivity contribution in [1.29, 1.82) is 0 Å². The number of unbranched alkanes of at least 4 members (excludes halogenated alkanes) is 1. The van der Waals surface area contributed by atoms with E-state index in [9.17, 15) is 4.79 Å². The van der Waals surface area contributed by atoms with E-state index in [1.807, 2.05) is 24.3 Å². The molecule has 0 radical (unpaired) electrons. The number of rotatable bonds is 13. The zero-order valence-electron chi connectivity index (χ0n) is 23.4. The highest BCUT2D eigenvalue weighted by molar-refractivity contribution is 9.10. The fourth-order valence-corrected chi connectivity index (χ4v) is 4.62. The summed E-state index contributed by atoms with van der Waals surface area (Å²) in [7, 11) is 5.03. The number of aromatic nitrogens is 5. The molecule has 4 rings (SSSR count).